The number of nitrogens with zero attached hydrogens (tertiary/aromatic N) is 2. The molecule has 0 bridgehead atoms. The maximum absolute atomic E-state index is 12.8. The largest absolute Gasteiger partial charge is 0.490 e. The lowest BCUT2D eigenvalue weighted by Crippen LogP contribution is -2.21. The summed E-state index contributed by atoms with van der Waals surface area (Å²) in [5, 5.41) is 10.4. The first-order valence-corrected chi connectivity index (χ1v) is 5.86. The molecule has 2 N–H and O–H groups in total. The second-order valence-electron chi connectivity index (χ2n) is 3.66. The number of aromatic nitrogens is 2. The van der Waals surface area contributed by atoms with Crippen LogP contribution in [0.25, 0.3) is 0 Å². The van der Waals surface area contributed by atoms with Crippen molar-refractivity contribution in [3.8, 4) is 0 Å². The number of aliphatic carboxylic acids is 1. The molecule has 0 saturated carbocycles. The van der Waals surface area contributed by atoms with E-state index in [0.717, 1.165) is 0 Å². The number of anilines is 2. The van der Waals surface area contributed by atoms with Gasteiger partial charge in [-0.1, -0.05) is 17.7 Å². The Balaban J connectivity index is 0.000000295. The van der Waals surface area contributed by atoms with E-state index >= 15 is 0 Å². The topological polar surface area (TPSA) is 75.1 Å². The van der Waals surface area contributed by atoms with Crippen molar-refractivity contribution in [3.63, 3.8) is 0 Å². The third kappa shape index (κ3) is 6.35. The first kappa shape index (κ1) is 17.6. The van der Waals surface area contributed by atoms with E-state index < -0.39 is 12.1 Å². The summed E-state index contributed by atoms with van der Waals surface area (Å²) in [6.45, 7) is 0. The van der Waals surface area contributed by atoms with Crippen LogP contribution in [0.1, 0.15) is 0 Å². The van der Waals surface area contributed by atoms with Crippen LogP contribution in [0.15, 0.2) is 36.7 Å². The number of nitrogens with one attached hydrogen (secondary N) is 1. The van der Waals surface area contributed by atoms with E-state index in [1.807, 2.05) is 0 Å². The number of hydrogen-bond donors (Lipinski definition) is 2. The van der Waals surface area contributed by atoms with Crippen molar-refractivity contribution in [2.24, 2.45) is 0 Å². The molecule has 0 atom stereocenters. The summed E-state index contributed by atoms with van der Waals surface area (Å²) in [7, 11) is 0. The molecule has 0 fully saturated rings. The van der Waals surface area contributed by atoms with Crippen LogP contribution in [0.5, 0.6) is 0 Å². The van der Waals surface area contributed by atoms with Crippen molar-refractivity contribution in [2.45, 2.75) is 6.18 Å². The van der Waals surface area contributed by atoms with Gasteiger partial charge >= 0.3 is 12.1 Å². The van der Waals surface area contributed by atoms with Crippen LogP contribution in [0, 0.1) is 5.82 Å². The first-order chi connectivity index (χ1) is 10.2. The lowest BCUT2D eigenvalue weighted by Gasteiger charge is -2.03. The highest BCUT2D eigenvalue weighted by Gasteiger charge is 2.38. The van der Waals surface area contributed by atoms with Gasteiger partial charge in [0.25, 0.3) is 0 Å². The minimum atomic E-state index is -5.08. The van der Waals surface area contributed by atoms with Gasteiger partial charge in [-0.05, 0) is 18.2 Å². The van der Waals surface area contributed by atoms with Crippen molar-refractivity contribution < 1.29 is 27.5 Å². The van der Waals surface area contributed by atoms with Crippen molar-refractivity contribution in [2.75, 3.05) is 5.32 Å². The first-order valence-electron chi connectivity index (χ1n) is 5.48. The Morgan fingerprint density at radius 1 is 1.23 bits per heavy atom. The molecule has 0 saturated heterocycles. The Bertz CT molecular complexity index is 635. The maximum Gasteiger partial charge on any atom is 0.490 e. The molecule has 10 heteroatoms. The summed E-state index contributed by atoms with van der Waals surface area (Å²) < 4.78 is 44.6. The average molecular weight is 338 g/mol. The van der Waals surface area contributed by atoms with Crippen molar-refractivity contribution in [1.29, 1.82) is 0 Å². The second-order valence-corrected chi connectivity index (χ2v) is 4.10. The summed E-state index contributed by atoms with van der Waals surface area (Å²) in [6.07, 6.45) is -2.15. The molecule has 1 aromatic carbocycles. The highest BCUT2D eigenvalue weighted by Crippen LogP contribution is 2.14. The zero-order chi connectivity index (χ0) is 16.8. The van der Waals surface area contributed by atoms with Gasteiger partial charge in [0.05, 0.1) is 17.4 Å². The quantitative estimate of drug-likeness (QED) is 0.818. The summed E-state index contributed by atoms with van der Waals surface area (Å²) in [5.41, 5.74) is 0.595. The average Bonchev–Trinajstić information content (AvgIpc) is 2.41. The van der Waals surface area contributed by atoms with E-state index in [0.29, 0.717) is 16.7 Å². The predicted molar refractivity (Wildman–Crippen MR) is 70.4 cm³/mol. The van der Waals surface area contributed by atoms with Gasteiger partial charge in [-0.3, -0.25) is 0 Å². The highest BCUT2D eigenvalue weighted by atomic mass is 35.5. The molecular formula is C12H8ClF4N3O2. The van der Waals surface area contributed by atoms with Gasteiger partial charge in [-0.25, -0.2) is 19.2 Å². The van der Waals surface area contributed by atoms with E-state index in [1.54, 1.807) is 12.1 Å². The van der Waals surface area contributed by atoms with E-state index in [9.17, 15) is 17.6 Å². The smallest absolute Gasteiger partial charge is 0.475 e. The van der Waals surface area contributed by atoms with E-state index in [2.05, 4.69) is 15.3 Å². The molecule has 2 aromatic rings. The summed E-state index contributed by atoms with van der Waals surface area (Å²) >= 11 is 5.63. The van der Waals surface area contributed by atoms with Crippen LogP contribution in [0.2, 0.25) is 5.02 Å². The molecule has 0 spiro atoms. The zero-order valence-corrected chi connectivity index (χ0v) is 11.4. The van der Waals surface area contributed by atoms with E-state index in [4.69, 9.17) is 21.5 Å². The minimum absolute atomic E-state index is 0.311. The Morgan fingerprint density at radius 3 is 2.23 bits per heavy atom. The lowest BCUT2D eigenvalue weighted by molar-refractivity contribution is -0.192. The molecule has 0 aliphatic carbocycles. The SMILES string of the molecule is Fc1cccc(Nc2ncc(Cl)cn2)c1.O=C(O)C(F)(F)F. The van der Waals surface area contributed by atoms with E-state index in [1.165, 1.54) is 24.5 Å². The monoisotopic (exact) mass is 337 g/mol. The number of carboxylic acids is 1. The van der Waals surface area contributed by atoms with Crippen LogP contribution in [0.4, 0.5) is 29.2 Å². The van der Waals surface area contributed by atoms with Crippen LogP contribution in [0.3, 0.4) is 0 Å². The van der Waals surface area contributed by atoms with Crippen LogP contribution < -0.4 is 5.32 Å². The Morgan fingerprint density at radius 2 is 1.77 bits per heavy atom. The van der Waals surface area contributed by atoms with Gasteiger partial charge in [0, 0.05) is 5.69 Å². The second kappa shape index (κ2) is 7.55. The van der Waals surface area contributed by atoms with Crippen LogP contribution in [-0.2, 0) is 4.79 Å². The molecule has 5 nitrogen and oxygen atoms in total. The molecule has 0 unspecified atom stereocenters. The third-order valence-electron chi connectivity index (χ3n) is 1.94. The molecule has 118 valence electrons. The fraction of sp³-hybridized carbons (Fsp3) is 0.0833. The number of alkyl halides is 3. The van der Waals surface area contributed by atoms with Crippen LogP contribution in [-0.4, -0.2) is 27.2 Å². The molecule has 1 heterocycles. The number of hydrogen-bond acceptors (Lipinski definition) is 4. The maximum atomic E-state index is 12.8. The molecule has 1 aromatic heterocycles. The van der Waals surface area contributed by atoms with Gasteiger partial charge in [0.15, 0.2) is 0 Å². The number of halogens is 5. The van der Waals surface area contributed by atoms with Gasteiger partial charge in [0.1, 0.15) is 5.82 Å². The van der Waals surface area contributed by atoms with Gasteiger partial charge in [0.2, 0.25) is 5.95 Å². The van der Waals surface area contributed by atoms with Gasteiger partial charge in [-0.2, -0.15) is 13.2 Å². The van der Waals surface area contributed by atoms with Crippen molar-refractivity contribution in [3.05, 3.63) is 47.5 Å². The number of benzene rings is 1. The predicted octanol–water partition coefficient (Wildman–Crippen LogP) is 3.65. The van der Waals surface area contributed by atoms with E-state index in [-0.39, 0.29) is 5.82 Å². The normalized spacial score (nSPS) is 10.4. The highest BCUT2D eigenvalue weighted by molar-refractivity contribution is 6.30. The molecule has 0 amide bonds. The van der Waals surface area contributed by atoms with Gasteiger partial charge in [-0.15, -0.1) is 0 Å². The Kier molecular flexibility index (Phi) is 6.05. The van der Waals surface area contributed by atoms with Crippen LogP contribution >= 0.6 is 11.6 Å². The molecule has 22 heavy (non-hydrogen) atoms. The summed E-state index contributed by atoms with van der Waals surface area (Å²) in [4.78, 5) is 16.7. The standard InChI is InChI=1S/C10H7ClFN3.C2HF3O2/c11-7-5-13-10(14-6-7)15-9-3-1-2-8(12)4-9;3-2(4,5)1(6)7/h1-6H,(H,13,14,15);(H,6,7). The molecule has 2 rings (SSSR count). The number of carbonyl (C=O) groups is 1. The molecule has 0 radical (unpaired) electrons. The summed E-state index contributed by atoms with van der Waals surface area (Å²) in [6, 6.07) is 6.06. The molecular weight excluding hydrogens is 330 g/mol. The Labute approximate surface area is 126 Å². The third-order valence-corrected chi connectivity index (χ3v) is 2.14. The van der Waals surface area contributed by atoms with Crippen molar-refractivity contribution in [1.82, 2.24) is 9.97 Å². The number of carboxylic acid groups (broad SMARTS) is 1. The van der Waals surface area contributed by atoms with Gasteiger partial charge < -0.3 is 10.4 Å². The minimum Gasteiger partial charge on any atom is -0.475 e. The Hall–Kier alpha value is -2.42. The fourth-order valence-electron chi connectivity index (χ4n) is 1.07. The summed E-state index contributed by atoms with van der Waals surface area (Å²) in [5.74, 6) is -2.69. The zero-order valence-electron chi connectivity index (χ0n) is 10.6. The molecule has 0 aliphatic rings. The number of rotatable bonds is 2. The fourth-order valence-corrected chi connectivity index (χ4v) is 1.17. The van der Waals surface area contributed by atoms with Crippen molar-refractivity contribution >= 4 is 29.2 Å². The molecule has 0 aliphatic heterocycles. The lowest BCUT2D eigenvalue weighted by atomic mass is 10.3.